The van der Waals surface area contributed by atoms with Crippen LogP contribution in [0.5, 0.6) is 0 Å². The fourth-order valence-electron chi connectivity index (χ4n) is 2.61. The summed E-state index contributed by atoms with van der Waals surface area (Å²) in [4.78, 5) is 0. The zero-order valence-corrected chi connectivity index (χ0v) is 20.1. The molecular formula is C20H18Cl2Zr2. The van der Waals surface area contributed by atoms with Crippen LogP contribution in [0.4, 0.5) is 0 Å². The van der Waals surface area contributed by atoms with Crippen molar-refractivity contribution < 1.29 is 47.1 Å². The Kier molecular flexibility index (Phi) is 10.6. The predicted molar refractivity (Wildman–Crippen MR) is 100 cm³/mol. The Labute approximate surface area is 181 Å². The second-order valence-electron chi connectivity index (χ2n) is 5.39. The average molecular weight is 512 g/mol. The number of hydrogen-bond donors (Lipinski definition) is 0. The number of halogens is 2. The van der Waals surface area contributed by atoms with Crippen LogP contribution in [0.3, 0.4) is 0 Å². The van der Waals surface area contributed by atoms with E-state index < -0.39 is 20.8 Å². The molecule has 4 aromatic rings. The minimum atomic E-state index is -0.826. The second kappa shape index (κ2) is 11.6. The normalized spacial score (nSPS) is 9.33. The standard InChI is InChI=1S/2C10H9.2ClH.2Zr/c2*1-8-6-9-4-2-3-5-10(9)7-8;;;;/h2*2-7H,1H3;2*1H;;/q2*-1;;;2*+2/p-2. The largest absolute Gasteiger partial charge is 2.00 e. The number of fused-ring (bicyclic) bond motifs is 2. The monoisotopic (exact) mass is 508 g/mol. The molecule has 0 aliphatic carbocycles. The third-order valence-electron chi connectivity index (χ3n) is 3.52. The first-order valence-corrected chi connectivity index (χ1v) is 13.7. The first-order valence-electron chi connectivity index (χ1n) is 7.34. The Hall–Kier alpha value is 0.00623. The molecular weight excluding hydrogens is 494 g/mol. The van der Waals surface area contributed by atoms with Crippen LogP contribution in [0, 0.1) is 13.8 Å². The molecule has 0 fully saturated rings. The van der Waals surface area contributed by atoms with Gasteiger partial charge in [-0.25, -0.2) is 0 Å². The van der Waals surface area contributed by atoms with Crippen LogP contribution in [-0.2, 0) is 47.1 Å². The summed E-state index contributed by atoms with van der Waals surface area (Å²) in [6.07, 6.45) is 0. The summed E-state index contributed by atoms with van der Waals surface area (Å²) >= 11 is -0.826. The van der Waals surface area contributed by atoms with Gasteiger partial charge in [-0.1, -0.05) is 26.0 Å². The molecule has 0 aromatic heterocycles. The van der Waals surface area contributed by atoms with E-state index in [-0.39, 0.29) is 26.2 Å². The first kappa shape index (κ1) is 22.0. The van der Waals surface area contributed by atoms with Crippen molar-refractivity contribution in [1.29, 1.82) is 0 Å². The Morgan fingerprint density at radius 3 is 1.38 bits per heavy atom. The molecule has 0 bridgehead atoms. The van der Waals surface area contributed by atoms with Gasteiger partial charge in [0.1, 0.15) is 0 Å². The molecule has 4 rings (SSSR count). The fraction of sp³-hybridized carbons (Fsp3) is 0.100. The molecule has 0 unspecified atom stereocenters. The maximum absolute atomic E-state index is 4.93. The maximum Gasteiger partial charge on any atom is 2.00 e. The van der Waals surface area contributed by atoms with Gasteiger partial charge in [0, 0.05) is 0 Å². The fourth-order valence-corrected chi connectivity index (χ4v) is 2.61. The van der Waals surface area contributed by atoms with E-state index >= 15 is 0 Å². The topological polar surface area (TPSA) is 0 Å². The van der Waals surface area contributed by atoms with Gasteiger partial charge in [-0.3, -0.25) is 0 Å². The van der Waals surface area contributed by atoms with Gasteiger partial charge < -0.3 is 0 Å². The first-order chi connectivity index (χ1) is 11.1. The SMILES string of the molecule is Cc1cc2ccccc2[cH-]1.Cc1cc2ccccc2[cH-]1.[Cl][Zr][Cl].[Zr+2]. The molecule has 0 spiro atoms. The van der Waals surface area contributed by atoms with E-state index in [2.05, 4.69) is 86.6 Å². The van der Waals surface area contributed by atoms with Gasteiger partial charge in [0.15, 0.2) is 0 Å². The van der Waals surface area contributed by atoms with E-state index in [4.69, 9.17) is 17.0 Å². The molecule has 0 nitrogen and oxygen atoms in total. The summed E-state index contributed by atoms with van der Waals surface area (Å²) in [5.41, 5.74) is 2.70. The van der Waals surface area contributed by atoms with E-state index in [0.29, 0.717) is 0 Å². The summed E-state index contributed by atoms with van der Waals surface area (Å²) in [6.45, 7) is 4.25. The van der Waals surface area contributed by atoms with E-state index in [1.54, 1.807) is 0 Å². The Morgan fingerprint density at radius 1 is 0.708 bits per heavy atom. The molecule has 0 atom stereocenters. The molecule has 0 heterocycles. The van der Waals surface area contributed by atoms with Crippen LogP contribution in [0.15, 0.2) is 72.8 Å². The molecule has 0 aliphatic rings. The zero-order valence-electron chi connectivity index (χ0n) is 13.7. The van der Waals surface area contributed by atoms with Gasteiger partial charge in [0.25, 0.3) is 0 Å². The quantitative estimate of drug-likeness (QED) is 0.221. The number of benzene rings is 2. The number of hydrogen-bond acceptors (Lipinski definition) is 0. The molecule has 0 saturated carbocycles. The van der Waals surface area contributed by atoms with Gasteiger partial charge in [-0.2, -0.15) is 12.1 Å². The summed E-state index contributed by atoms with van der Waals surface area (Å²) in [5.74, 6) is 0. The third-order valence-corrected chi connectivity index (χ3v) is 3.52. The van der Waals surface area contributed by atoms with Crippen molar-refractivity contribution in [3.63, 3.8) is 0 Å². The van der Waals surface area contributed by atoms with Crippen LogP contribution < -0.4 is 0 Å². The van der Waals surface area contributed by atoms with Crippen molar-refractivity contribution in [3.8, 4) is 0 Å². The Morgan fingerprint density at radius 2 is 1.04 bits per heavy atom. The van der Waals surface area contributed by atoms with Crippen molar-refractivity contribution in [3.05, 3.63) is 83.9 Å². The molecule has 0 saturated heterocycles. The van der Waals surface area contributed by atoms with Crippen LogP contribution >= 0.6 is 17.0 Å². The van der Waals surface area contributed by atoms with E-state index in [0.717, 1.165) is 0 Å². The van der Waals surface area contributed by atoms with Crippen molar-refractivity contribution in [2.24, 2.45) is 0 Å². The van der Waals surface area contributed by atoms with Gasteiger partial charge in [-0.05, 0) is 0 Å². The number of rotatable bonds is 0. The molecule has 120 valence electrons. The van der Waals surface area contributed by atoms with Gasteiger partial charge in [0.05, 0.1) is 0 Å². The summed E-state index contributed by atoms with van der Waals surface area (Å²) in [6, 6.07) is 25.7. The molecule has 0 N–H and O–H groups in total. The van der Waals surface area contributed by atoms with Crippen molar-refractivity contribution in [1.82, 2.24) is 0 Å². The molecule has 0 amide bonds. The smallest absolute Gasteiger partial charge is 2.00 e. The van der Waals surface area contributed by atoms with Crippen molar-refractivity contribution >= 4 is 38.6 Å². The summed E-state index contributed by atoms with van der Waals surface area (Å²) in [5, 5.41) is 5.39. The van der Waals surface area contributed by atoms with Gasteiger partial charge in [0.2, 0.25) is 0 Å². The van der Waals surface area contributed by atoms with Crippen molar-refractivity contribution in [2.45, 2.75) is 13.8 Å². The number of aryl methyl sites for hydroxylation is 2. The third kappa shape index (κ3) is 6.72. The van der Waals surface area contributed by atoms with Crippen LogP contribution in [0.1, 0.15) is 11.1 Å². The van der Waals surface area contributed by atoms with Crippen LogP contribution in [0.25, 0.3) is 21.5 Å². The molecule has 4 aromatic carbocycles. The molecule has 0 radical (unpaired) electrons. The van der Waals surface area contributed by atoms with E-state index in [1.807, 2.05) is 0 Å². The molecule has 4 heteroatoms. The summed E-state index contributed by atoms with van der Waals surface area (Å²) < 4.78 is 0. The molecule has 0 aliphatic heterocycles. The van der Waals surface area contributed by atoms with E-state index in [9.17, 15) is 0 Å². The molecule has 24 heavy (non-hydrogen) atoms. The van der Waals surface area contributed by atoms with Crippen LogP contribution in [0.2, 0.25) is 0 Å². The minimum Gasteiger partial charge on any atom is 2.00 e. The summed E-state index contributed by atoms with van der Waals surface area (Å²) in [7, 11) is 9.87. The van der Waals surface area contributed by atoms with Gasteiger partial charge >= 0.3 is 64.1 Å². The van der Waals surface area contributed by atoms with Gasteiger partial charge in [-0.15, -0.1) is 81.2 Å². The second-order valence-corrected chi connectivity index (χ2v) is 9.13. The van der Waals surface area contributed by atoms with Crippen LogP contribution in [-0.4, -0.2) is 0 Å². The predicted octanol–water partition coefficient (Wildman–Crippen LogP) is 7.11. The minimum absolute atomic E-state index is 0. The van der Waals surface area contributed by atoms with Crippen molar-refractivity contribution in [2.75, 3.05) is 0 Å². The Bertz CT molecular complexity index is 724. The zero-order chi connectivity index (χ0) is 16.7. The average Bonchev–Trinajstić information content (AvgIpc) is 3.08. The van der Waals surface area contributed by atoms with E-state index in [1.165, 1.54) is 32.7 Å². The Balaban J connectivity index is 0.000000200. The maximum atomic E-state index is 4.93.